The summed E-state index contributed by atoms with van der Waals surface area (Å²) in [6, 6.07) is 5.48. The molecule has 1 heterocycles. The van der Waals surface area contributed by atoms with E-state index in [4.69, 9.17) is 4.65 Å². The summed E-state index contributed by atoms with van der Waals surface area (Å²) in [4.78, 5) is 23.8. The van der Waals surface area contributed by atoms with E-state index in [0.717, 1.165) is 42.4 Å². The van der Waals surface area contributed by atoms with Gasteiger partial charge in [0.05, 0.1) is 12.4 Å². The van der Waals surface area contributed by atoms with E-state index in [1.807, 2.05) is 12.1 Å². The van der Waals surface area contributed by atoms with Crippen molar-refractivity contribution >= 4 is 24.4 Å². The summed E-state index contributed by atoms with van der Waals surface area (Å²) in [6.45, 7) is 8.37. The number of unbranched alkanes of at least 4 members (excludes halogenated alkanes) is 2. The number of Topliss-reactive ketones (excluding diaryl/α,β-unsaturated/α-hetero) is 1. The highest BCUT2D eigenvalue weighted by Gasteiger charge is 2.37. The first kappa shape index (κ1) is 28.0. The first-order chi connectivity index (χ1) is 16.0. The van der Waals surface area contributed by atoms with Gasteiger partial charge in [-0.1, -0.05) is 45.0 Å². The van der Waals surface area contributed by atoms with E-state index in [1.54, 1.807) is 6.07 Å². The molecule has 0 radical (unpaired) electrons. The average molecular weight is 481 g/mol. The molecule has 1 aliphatic heterocycles. The number of alkyl halides is 3. The Balaban J connectivity index is 1.85. The van der Waals surface area contributed by atoms with Gasteiger partial charge in [0.15, 0.2) is 0 Å². The normalized spacial score (nSPS) is 15.6. The number of ketones is 1. The molecule has 34 heavy (non-hydrogen) atoms. The number of hydrogen-bond acceptors (Lipinski definition) is 4. The lowest BCUT2D eigenvalue weighted by atomic mass is 9.72. The molecule has 2 N–H and O–H groups in total. The lowest BCUT2D eigenvalue weighted by molar-refractivity contribution is -0.144. The van der Waals surface area contributed by atoms with Crippen molar-refractivity contribution in [2.24, 2.45) is 5.92 Å². The van der Waals surface area contributed by atoms with Crippen molar-refractivity contribution in [3.05, 3.63) is 35.9 Å². The third-order valence-electron chi connectivity index (χ3n) is 5.92. The lowest BCUT2D eigenvalue weighted by Crippen LogP contribution is -2.53. The molecule has 0 aromatic heterocycles. The van der Waals surface area contributed by atoms with E-state index < -0.39 is 38.0 Å². The zero-order valence-electron chi connectivity index (χ0n) is 20.0. The van der Waals surface area contributed by atoms with E-state index in [1.165, 1.54) is 0 Å². The highest BCUT2D eigenvalue weighted by atomic mass is 19.4. The highest BCUT2D eigenvalue weighted by Crippen LogP contribution is 2.35. The molecule has 1 aliphatic rings. The quantitative estimate of drug-likeness (QED) is 0.291. The van der Waals surface area contributed by atoms with Crippen LogP contribution in [0.5, 0.6) is 5.75 Å². The van der Waals surface area contributed by atoms with Crippen LogP contribution in [0.25, 0.3) is 5.57 Å². The van der Waals surface area contributed by atoms with Crippen LogP contribution >= 0.6 is 0 Å². The fourth-order valence-corrected chi connectivity index (χ4v) is 3.91. The van der Waals surface area contributed by atoms with Crippen LogP contribution in [0.2, 0.25) is 0 Å². The molecular weight excluding hydrogens is 446 g/mol. The zero-order valence-corrected chi connectivity index (χ0v) is 20.0. The average Bonchev–Trinajstić information content (AvgIpc) is 2.75. The number of halogens is 3. The number of nitrogens with one attached hydrogen (secondary N) is 1. The van der Waals surface area contributed by atoms with Gasteiger partial charge in [0.2, 0.25) is 5.91 Å². The fourth-order valence-electron chi connectivity index (χ4n) is 3.91. The van der Waals surface area contributed by atoms with Crippen molar-refractivity contribution in [2.75, 3.05) is 0 Å². The van der Waals surface area contributed by atoms with Crippen molar-refractivity contribution in [1.82, 2.24) is 5.32 Å². The highest BCUT2D eigenvalue weighted by molar-refractivity contribution is 6.46. The number of para-hydroxylation sites is 1. The lowest BCUT2D eigenvalue weighted by Gasteiger charge is -2.30. The molecule has 9 heteroatoms. The predicted molar refractivity (Wildman–Crippen MR) is 127 cm³/mol. The molecule has 2 rings (SSSR count). The maximum atomic E-state index is 12.3. The molecule has 0 spiro atoms. The standard InChI is InChI=1S/C25H35BF3NO4/c1-17(2)12-13-20(31)10-6-4-5-8-18(3)21-11-7-9-19-16-22(26(33)34-24(19)21)30-23(32)14-15-25(27,28)29/h7,9,11,17,22,33H,3-6,8,10,12-16H2,1-2H3,(H,30,32)/t22-/m0/s1. The van der Waals surface area contributed by atoms with E-state index in [-0.39, 0.29) is 6.42 Å². The SMILES string of the molecule is C=C(CCCCCC(=O)CCC(C)C)c1cccc2c1OB(O)[C@@H](NC(=O)CCC(F)(F)F)C2. The van der Waals surface area contributed by atoms with Crippen molar-refractivity contribution in [3.8, 4) is 5.75 Å². The molecule has 1 aromatic rings. The van der Waals surface area contributed by atoms with Crippen LogP contribution in [0, 0.1) is 5.92 Å². The Labute approximate surface area is 200 Å². The van der Waals surface area contributed by atoms with Gasteiger partial charge in [0.25, 0.3) is 0 Å². The van der Waals surface area contributed by atoms with Crippen LogP contribution in [-0.2, 0) is 16.0 Å². The number of carbonyl (C=O) groups is 2. The smallest absolute Gasteiger partial charge is 0.534 e. The molecule has 0 unspecified atom stereocenters. The van der Waals surface area contributed by atoms with Gasteiger partial charge in [-0.25, -0.2) is 0 Å². The molecule has 0 saturated heterocycles. The summed E-state index contributed by atoms with van der Waals surface area (Å²) >= 11 is 0. The molecule has 0 aliphatic carbocycles. The van der Waals surface area contributed by atoms with Crippen LogP contribution in [0.15, 0.2) is 24.8 Å². The number of benzene rings is 1. The van der Waals surface area contributed by atoms with Gasteiger partial charge >= 0.3 is 13.3 Å². The first-order valence-electron chi connectivity index (χ1n) is 12.0. The summed E-state index contributed by atoms with van der Waals surface area (Å²) < 4.78 is 42.7. The number of carbonyl (C=O) groups excluding carboxylic acids is 2. The van der Waals surface area contributed by atoms with Gasteiger partial charge in [-0.05, 0) is 49.2 Å². The second kappa shape index (κ2) is 13.0. The Kier molecular flexibility index (Phi) is 10.7. The minimum absolute atomic E-state index is 0.244. The van der Waals surface area contributed by atoms with E-state index in [2.05, 4.69) is 25.7 Å². The van der Waals surface area contributed by atoms with Crippen LogP contribution in [0.1, 0.15) is 82.8 Å². The van der Waals surface area contributed by atoms with E-state index >= 15 is 0 Å². The van der Waals surface area contributed by atoms with Crippen LogP contribution < -0.4 is 9.97 Å². The van der Waals surface area contributed by atoms with Crippen molar-refractivity contribution in [2.45, 2.75) is 90.2 Å². The van der Waals surface area contributed by atoms with Gasteiger partial charge in [0, 0.05) is 24.8 Å². The molecule has 1 aromatic carbocycles. The van der Waals surface area contributed by atoms with Crippen LogP contribution in [0.4, 0.5) is 13.2 Å². The van der Waals surface area contributed by atoms with E-state index in [9.17, 15) is 27.8 Å². The number of rotatable bonds is 13. The van der Waals surface area contributed by atoms with Gasteiger partial charge in [-0.15, -0.1) is 0 Å². The van der Waals surface area contributed by atoms with Gasteiger partial charge < -0.3 is 15.0 Å². The Hall–Kier alpha value is -2.29. The number of hydrogen-bond donors (Lipinski definition) is 2. The Morgan fingerprint density at radius 1 is 1.18 bits per heavy atom. The Morgan fingerprint density at radius 3 is 2.56 bits per heavy atom. The minimum atomic E-state index is -4.41. The van der Waals surface area contributed by atoms with Gasteiger partial charge in [-0.3, -0.25) is 9.59 Å². The van der Waals surface area contributed by atoms with Crippen LogP contribution in [0.3, 0.4) is 0 Å². The molecule has 0 saturated carbocycles. The molecule has 188 valence electrons. The number of amides is 1. The van der Waals surface area contributed by atoms with Gasteiger partial charge in [-0.2, -0.15) is 13.2 Å². The summed E-state index contributed by atoms with van der Waals surface area (Å²) in [6.07, 6.45) is -0.548. The zero-order chi connectivity index (χ0) is 25.3. The second-order valence-electron chi connectivity index (χ2n) is 9.43. The maximum Gasteiger partial charge on any atom is 0.547 e. The molecule has 1 amide bonds. The van der Waals surface area contributed by atoms with Gasteiger partial charge in [0.1, 0.15) is 11.5 Å². The third kappa shape index (κ3) is 9.53. The third-order valence-corrected chi connectivity index (χ3v) is 5.92. The van der Waals surface area contributed by atoms with Crippen LogP contribution in [-0.4, -0.2) is 36.0 Å². The summed E-state index contributed by atoms with van der Waals surface area (Å²) in [5.41, 5.74) is 2.37. The first-order valence-corrected chi connectivity index (χ1v) is 12.0. The summed E-state index contributed by atoms with van der Waals surface area (Å²) in [7, 11) is -1.37. The molecule has 1 atom stereocenters. The number of allylic oxidation sites excluding steroid dienone is 1. The largest absolute Gasteiger partial charge is 0.547 e. The minimum Gasteiger partial charge on any atom is -0.534 e. The molecule has 5 nitrogen and oxygen atoms in total. The Morgan fingerprint density at radius 2 is 1.88 bits per heavy atom. The fraction of sp³-hybridized carbons (Fsp3) is 0.600. The summed E-state index contributed by atoms with van der Waals surface area (Å²) in [5.74, 6) is -0.274. The Bertz CT molecular complexity index is 857. The van der Waals surface area contributed by atoms with E-state index in [0.29, 0.717) is 36.7 Å². The van der Waals surface area contributed by atoms with Crippen molar-refractivity contribution in [3.63, 3.8) is 0 Å². The second-order valence-corrected chi connectivity index (χ2v) is 9.43. The topological polar surface area (TPSA) is 75.6 Å². The molecular formula is C25H35BF3NO4. The predicted octanol–water partition coefficient (Wildman–Crippen LogP) is 5.44. The maximum absolute atomic E-state index is 12.3. The van der Waals surface area contributed by atoms with Crippen molar-refractivity contribution in [1.29, 1.82) is 0 Å². The molecule has 0 bridgehead atoms. The molecule has 0 fully saturated rings. The van der Waals surface area contributed by atoms with Crippen molar-refractivity contribution < 1.29 is 32.4 Å². The summed E-state index contributed by atoms with van der Waals surface area (Å²) in [5, 5.41) is 12.8. The number of fused-ring (bicyclic) bond motifs is 1. The monoisotopic (exact) mass is 481 g/mol.